The first kappa shape index (κ1) is 15.8. The van der Waals surface area contributed by atoms with E-state index >= 15 is 0 Å². The third kappa shape index (κ3) is 3.47. The zero-order chi connectivity index (χ0) is 16.4. The highest BCUT2D eigenvalue weighted by molar-refractivity contribution is 5.87. The van der Waals surface area contributed by atoms with Gasteiger partial charge in [0.25, 0.3) is 0 Å². The van der Waals surface area contributed by atoms with Crippen LogP contribution in [0.15, 0.2) is 24.3 Å². The largest absolute Gasteiger partial charge is 0.351 e. The molecule has 1 aliphatic heterocycles. The monoisotopic (exact) mass is 316 g/mol. The zero-order valence-electron chi connectivity index (χ0n) is 13.4. The molecule has 1 aromatic carbocycles. The molecular formula is C17H24N4O2. The Labute approximate surface area is 136 Å². The van der Waals surface area contributed by atoms with Crippen molar-refractivity contribution in [1.29, 1.82) is 0 Å². The maximum absolute atomic E-state index is 12.5. The molecule has 1 saturated carbocycles. The van der Waals surface area contributed by atoms with Gasteiger partial charge in [0.05, 0.1) is 6.04 Å². The van der Waals surface area contributed by atoms with Gasteiger partial charge in [-0.1, -0.05) is 12.1 Å². The molecule has 23 heavy (non-hydrogen) atoms. The molecule has 6 heteroatoms. The molecule has 0 bridgehead atoms. The number of anilines is 1. The van der Waals surface area contributed by atoms with Crippen LogP contribution in [0.1, 0.15) is 37.8 Å². The summed E-state index contributed by atoms with van der Waals surface area (Å²) < 4.78 is 0. The second-order valence-electron chi connectivity index (χ2n) is 6.71. The van der Waals surface area contributed by atoms with E-state index in [0.717, 1.165) is 37.9 Å². The predicted molar refractivity (Wildman–Crippen MR) is 88.8 cm³/mol. The third-order valence-electron chi connectivity index (χ3n) is 5.14. The number of primary amides is 1. The van der Waals surface area contributed by atoms with Crippen molar-refractivity contribution in [1.82, 2.24) is 10.6 Å². The molecule has 1 spiro atoms. The number of nitrogens with one attached hydrogen (secondary N) is 3. The lowest BCUT2D eigenvalue weighted by molar-refractivity contribution is -0.123. The Balaban J connectivity index is 1.55. The summed E-state index contributed by atoms with van der Waals surface area (Å²) in [5.41, 5.74) is 7.00. The van der Waals surface area contributed by atoms with Crippen molar-refractivity contribution in [3.63, 3.8) is 0 Å². The van der Waals surface area contributed by atoms with Crippen molar-refractivity contribution >= 4 is 17.6 Å². The Bertz CT molecular complexity index is 593. The van der Waals surface area contributed by atoms with Gasteiger partial charge in [-0.3, -0.25) is 4.79 Å². The van der Waals surface area contributed by atoms with Crippen LogP contribution in [0.5, 0.6) is 0 Å². The number of nitrogens with two attached hydrogens (primary N) is 1. The summed E-state index contributed by atoms with van der Waals surface area (Å²) in [6.45, 7) is 4.02. The van der Waals surface area contributed by atoms with Crippen molar-refractivity contribution in [2.45, 2.75) is 32.2 Å². The molecule has 2 aliphatic rings. The molecule has 0 aromatic heterocycles. The molecule has 2 fully saturated rings. The highest BCUT2D eigenvalue weighted by Gasteiger charge is 2.57. The van der Waals surface area contributed by atoms with Crippen molar-refractivity contribution in [3.8, 4) is 0 Å². The molecular weight excluding hydrogens is 292 g/mol. The minimum atomic E-state index is -0.583. The molecule has 1 aromatic rings. The molecule has 5 N–H and O–H groups in total. The average Bonchev–Trinajstić information content (AvgIpc) is 3.21. The zero-order valence-corrected chi connectivity index (χ0v) is 13.4. The maximum Gasteiger partial charge on any atom is 0.316 e. The molecule has 1 aliphatic carbocycles. The highest BCUT2D eigenvalue weighted by atomic mass is 16.2. The van der Waals surface area contributed by atoms with Gasteiger partial charge < -0.3 is 21.7 Å². The fourth-order valence-electron chi connectivity index (χ4n) is 3.59. The number of carbonyl (C=O) groups excluding carboxylic acids is 2. The van der Waals surface area contributed by atoms with E-state index in [4.69, 9.17) is 5.73 Å². The number of rotatable bonds is 4. The lowest BCUT2D eigenvalue weighted by Crippen LogP contribution is -2.34. The summed E-state index contributed by atoms with van der Waals surface area (Å²) in [4.78, 5) is 23.3. The Hall–Kier alpha value is -2.08. The van der Waals surface area contributed by atoms with E-state index in [-0.39, 0.29) is 23.3 Å². The Morgan fingerprint density at radius 1 is 1.26 bits per heavy atom. The molecule has 2 atom stereocenters. The standard InChI is InChI=1S/C17H24N4O2/c1-11(12-2-4-13(5-3-12)21-16(18)23)20-15(22)14-10-17(14)6-8-19-9-7-17/h2-5,11,14,19H,6-10H2,1H3,(H,20,22)(H3,18,21,23). The summed E-state index contributed by atoms with van der Waals surface area (Å²) in [5.74, 6) is 0.335. The van der Waals surface area contributed by atoms with E-state index < -0.39 is 6.03 Å². The van der Waals surface area contributed by atoms with Crippen LogP contribution in [0.25, 0.3) is 0 Å². The molecule has 1 heterocycles. The highest BCUT2D eigenvalue weighted by Crippen LogP contribution is 2.58. The van der Waals surface area contributed by atoms with E-state index in [1.165, 1.54) is 0 Å². The second-order valence-corrected chi connectivity index (χ2v) is 6.71. The van der Waals surface area contributed by atoms with Gasteiger partial charge in [-0.25, -0.2) is 4.79 Å². The molecule has 124 valence electrons. The van der Waals surface area contributed by atoms with Crippen molar-refractivity contribution in [2.24, 2.45) is 17.1 Å². The summed E-state index contributed by atoms with van der Waals surface area (Å²) >= 11 is 0. The van der Waals surface area contributed by atoms with Crippen LogP contribution in [0.3, 0.4) is 0 Å². The third-order valence-corrected chi connectivity index (χ3v) is 5.14. The van der Waals surface area contributed by atoms with E-state index in [0.29, 0.717) is 5.69 Å². The van der Waals surface area contributed by atoms with Crippen molar-refractivity contribution in [3.05, 3.63) is 29.8 Å². The van der Waals surface area contributed by atoms with Crippen molar-refractivity contribution in [2.75, 3.05) is 18.4 Å². The summed E-state index contributed by atoms with van der Waals surface area (Å²) in [7, 11) is 0. The van der Waals surface area contributed by atoms with Gasteiger partial charge in [0, 0.05) is 11.6 Å². The SMILES string of the molecule is CC(NC(=O)C1CC12CCNCC2)c1ccc(NC(N)=O)cc1. The Morgan fingerprint density at radius 2 is 1.91 bits per heavy atom. The molecule has 0 radical (unpaired) electrons. The molecule has 3 amide bonds. The smallest absolute Gasteiger partial charge is 0.316 e. The first-order valence-corrected chi connectivity index (χ1v) is 8.18. The van der Waals surface area contributed by atoms with Crippen LogP contribution >= 0.6 is 0 Å². The van der Waals surface area contributed by atoms with Gasteiger partial charge in [-0.05, 0) is 62.4 Å². The summed E-state index contributed by atoms with van der Waals surface area (Å²) in [6.07, 6.45) is 3.23. The van der Waals surface area contributed by atoms with Crippen molar-refractivity contribution < 1.29 is 9.59 Å². The maximum atomic E-state index is 12.5. The number of amides is 3. The Morgan fingerprint density at radius 3 is 2.52 bits per heavy atom. The summed E-state index contributed by atoms with van der Waals surface area (Å²) in [5, 5.41) is 9.00. The average molecular weight is 316 g/mol. The fourth-order valence-corrected chi connectivity index (χ4v) is 3.59. The van der Waals surface area contributed by atoms with Gasteiger partial charge in [-0.2, -0.15) is 0 Å². The Kier molecular flexibility index (Phi) is 4.26. The molecule has 2 unspecified atom stereocenters. The van der Waals surface area contributed by atoms with E-state index in [1.54, 1.807) is 12.1 Å². The quantitative estimate of drug-likeness (QED) is 0.681. The number of hydrogen-bond donors (Lipinski definition) is 4. The number of urea groups is 1. The number of benzene rings is 1. The topological polar surface area (TPSA) is 96.2 Å². The minimum absolute atomic E-state index is 0.0514. The molecule has 1 saturated heterocycles. The minimum Gasteiger partial charge on any atom is -0.351 e. The van der Waals surface area contributed by atoms with Crippen LogP contribution in [-0.4, -0.2) is 25.0 Å². The lowest BCUT2D eigenvalue weighted by Gasteiger charge is -2.24. The fraction of sp³-hybridized carbons (Fsp3) is 0.529. The van der Waals surface area contributed by atoms with E-state index in [2.05, 4.69) is 16.0 Å². The normalized spacial score (nSPS) is 23.1. The van der Waals surface area contributed by atoms with Crippen LogP contribution in [0.2, 0.25) is 0 Å². The number of carbonyl (C=O) groups is 2. The van der Waals surface area contributed by atoms with E-state index in [9.17, 15) is 9.59 Å². The second kappa shape index (κ2) is 6.20. The number of hydrogen-bond acceptors (Lipinski definition) is 3. The van der Waals surface area contributed by atoms with Gasteiger partial charge in [0.2, 0.25) is 5.91 Å². The first-order valence-electron chi connectivity index (χ1n) is 8.18. The van der Waals surface area contributed by atoms with Crippen LogP contribution < -0.4 is 21.7 Å². The molecule has 3 rings (SSSR count). The van der Waals surface area contributed by atoms with Crippen LogP contribution in [-0.2, 0) is 4.79 Å². The summed E-state index contributed by atoms with van der Waals surface area (Å²) in [6, 6.07) is 6.72. The van der Waals surface area contributed by atoms with Crippen LogP contribution in [0, 0.1) is 11.3 Å². The lowest BCUT2D eigenvalue weighted by atomic mass is 9.91. The van der Waals surface area contributed by atoms with Gasteiger partial charge in [0.1, 0.15) is 0 Å². The number of piperidine rings is 1. The van der Waals surface area contributed by atoms with Gasteiger partial charge in [0.15, 0.2) is 0 Å². The van der Waals surface area contributed by atoms with E-state index in [1.807, 2.05) is 19.1 Å². The van der Waals surface area contributed by atoms with Gasteiger partial charge >= 0.3 is 6.03 Å². The molecule has 6 nitrogen and oxygen atoms in total. The first-order chi connectivity index (χ1) is 11.0. The predicted octanol–water partition coefficient (Wildman–Crippen LogP) is 1.74. The van der Waals surface area contributed by atoms with Gasteiger partial charge in [-0.15, -0.1) is 0 Å². The van der Waals surface area contributed by atoms with Crippen LogP contribution in [0.4, 0.5) is 10.5 Å².